The molecule has 0 saturated carbocycles. The summed E-state index contributed by atoms with van der Waals surface area (Å²) in [5.41, 5.74) is 2.24. The highest BCUT2D eigenvalue weighted by molar-refractivity contribution is 6.01. The average Bonchev–Trinajstić information content (AvgIpc) is 3.23. The smallest absolute Gasteiger partial charge is 0.257 e. The van der Waals surface area contributed by atoms with Gasteiger partial charge in [0.05, 0.1) is 16.8 Å². The number of fused-ring (bicyclic) bond motifs is 1. The van der Waals surface area contributed by atoms with E-state index < -0.39 is 0 Å². The largest absolute Gasteiger partial charge is 0.488 e. The number of amides is 2. The number of benzene rings is 2. The molecule has 0 unspecified atom stereocenters. The molecule has 0 radical (unpaired) electrons. The molecule has 2 fully saturated rings. The van der Waals surface area contributed by atoms with E-state index in [0.29, 0.717) is 37.2 Å². The van der Waals surface area contributed by atoms with Gasteiger partial charge in [0.1, 0.15) is 18.1 Å². The molecule has 7 heteroatoms. The minimum atomic E-state index is -0.0478. The monoisotopic (exact) mass is 475 g/mol. The summed E-state index contributed by atoms with van der Waals surface area (Å²) in [5.74, 6) is 1.51. The summed E-state index contributed by atoms with van der Waals surface area (Å²) in [5, 5.41) is 6.02. The highest BCUT2D eigenvalue weighted by Gasteiger charge is 2.32. The zero-order valence-electron chi connectivity index (χ0n) is 20.6. The van der Waals surface area contributed by atoms with E-state index in [0.717, 1.165) is 53.7 Å². The van der Waals surface area contributed by atoms with Crippen LogP contribution in [0.25, 0.3) is 10.8 Å². The van der Waals surface area contributed by atoms with E-state index in [2.05, 4.69) is 5.16 Å². The van der Waals surface area contributed by atoms with E-state index in [1.807, 2.05) is 60.0 Å². The van der Waals surface area contributed by atoms with Crippen LogP contribution in [0.1, 0.15) is 59.5 Å². The van der Waals surface area contributed by atoms with Crippen LogP contribution in [0.5, 0.6) is 5.75 Å². The van der Waals surface area contributed by atoms with Crippen LogP contribution in [-0.2, 0) is 11.4 Å². The first-order chi connectivity index (χ1) is 17.0. The van der Waals surface area contributed by atoms with Crippen molar-refractivity contribution in [3.8, 4) is 5.75 Å². The van der Waals surface area contributed by atoms with Gasteiger partial charge in [-0.3, -0.25) is 9.59 Å². The molecular weight excluding hydrogens is 442 g/mol. The summed E-state index contributed by atoms with van der Waals surface area (Å²) in [6.07, 6.45) is 4.83. The number of hydrogen-bond acceptors (Lipinski definition) is 5. The number of rotatable bonds is 5. The standard InChI is InChI=1S/C28H33N3O4/c1-19-25(20(2)35-29-19)18-34-26-17-23-9-5-4-8-22(23)16-24(26)28(33)31-14-10-21(11-15-31)27(32)30-12-6-3-7-13-30/h4-5,8-9,16-17,21H,3,6-7,10-15,18H2,1-2H3. The maximum atomic E-state index is 13.7. The Hall–Kier alpha value is -3.35. The Morgan fingerprint density at radius 2 is 1.66 bits per heavy atom. The van der Waals surface area contributed by atoms with Crippen LogP contribution in [0.3, 0.4) is 0 Å². The Labute approximate surface area is 206 Å². The van der Waals surface area contributed by atoms with Crippen molar-refractivity contribution in [3.63, 3.8) is 0 Å². The molecule has 3 heterocycles. The summed E-state index contributed by atoms with van der Waals surface area (Å²) in [4.78, 5) is 30.5. The SMILES string of the molecule is Cc1noc(C)c1COc1cc2ccccc2cc1C(=O)N1CCC(C(=O)N2CCCCC2)CC1. The first kappa shape index (κ1) is 23.4. The van der Waals surface area contributed by atoms with Gasteiger partial charge in [-0.15, -0.1) is 0 Å². The zero-order chi connectivity index (χ0) is 24.4. The molecule has 5 rings (SSSR count). The van der Waals surface area contributed by atoms with E-state index in [-0.39, 0.29) is 24.3 Å². The normalized spacial score (nSPS) is 17.1. The maximum absolute atomic E-state index is 13.7. The van der Waals surface area contributed by atoms with Crippen LogP contribution in [0.15, 0.2) is 40.9 Å². The third kappa shape index (κ3) is 4.90. The molecule has 2 aliphatic rings. The van der Waals surface area contributed by atoms with Crippen molar-refractivity contribution >= 4 is 22.6 Å². The van der Waals surface area contributed by atoms with Gasteiger partial charge in [-0.05, 0) is 68.9 Å². The van der Waals surface area contributed by atoms with Crippen LogP contribution < -0.4 is 4.74 Å². The van der Waals surface area contributed by atoms with Crippen LogP contribution in [0.2, 0.25) is 0 Å². The number of piperidine rings is 2. The van der Waals surface area contributed by atoms with Gasteiger partial charge in [-0.25, -0.2) is 0 Å². The zero-order valence-corrected chi connectivity index (χ0v) is 20.6. The van der Waals surface area contributed by atoms with Crippen molar-refractivity contribution in [2.75, 3.05) is 26.2 Å². The van der Waals surface area contributed by atoms with Crippen molar-refractivity contribution in [2.24, 2.45) is 5.92 Å². The minimum absolute atomic E-state index is 0.0176. The number of likely N-dealkylation sites (tertiary alicyclic amines) is 2. The van der Waals surface area contributed by atoms with Crippen LogP contribution in [-0.4, -0.2) is 52.9 Å². The van der Waals surface area contributed by atoms with Gasteiger partial charge in [0.25, 0.3) is 5.91 Å². The number of hydrogen-bond donors (Lipinski definition) is 0. The van der Waals surface area contributed by atoms with Gasteiger partial charge in [-0.2, -0.15) is 0 Å². The second-order valence-corrected chi connectivity index (χ2v) is 9.74. The molecule has 2 aliphatic heterocycles. The molecule has 0 N–H and O–H groups in total. The molecule has 7 nitrogen and oxygen atoms in total. The van der Waals surface area contributed by atoms with Crippen molar-refractivity contribution in [3.05, 3.63) is 59.0 Å². The number of carbonyl (C=O) groups excluding carboxylic acids is 2. The predicted molar refractivity (Wildman–Crippen MR) is 133 cm³/mol. The molecule has 35 heavy (non-hydrogen) atoms. The topological polar surface area (TPSA) is 75.9 Å². The van der Waals surface area contributed by atoms with Crippen molar-refractivity contribution in [1.29, 1.82) is 0 Å². The average molecular weight is 476 g/mol. The third-order valence-corrected chi connectivity index (χ3v) is 7.43. The minimum Gasteiger partial charge on any atom is -0.488 e. The molecule has 3 aromatic rings. The molecule has 2 saturated heterocycles. The van der Waals surface area contributed by atoms with Crippen LogP contribution in [0.4, 0.5) is 0 Å². The van der Waals surface area contributed by atoms with Gasteiger partial charge < -0.3 is 19.1 Å². The summed E-state index contributed by atoms with van der Waals surface area (Å²) < 4.78 is 11.5. The van der Waals surface area contributed by atoms with E-state index in [4.69, 9.17) is 9.26 Å². The van der Waals surface area contributed by atoms with E-state index in [9.17, 15) is 9.59 Å². The number of nitrogens with zero attached hydrogens (tertiary/aromatic N) is 3. The number of aromatic nitrogens is 1. The molecule has 1 aromatic heterocycles. The summed E-state index contributed by atoms with van der Waals surface area (Å²) in [6.45, 7) is 6.95. The Kier molecular flexibility index (Phi) is 6.75. The fourth-order valence-electron chi connectivity index (χ4n) is 5.24. The lowest BCUT2D eigenvalue weighted by atomic mass is 9.93. The van der Waals surface area contributed by atoms with E-state index in [1.54, 1.807) is 0 Å². The van der Waals surface area contributed by atoms with Crippen LogP contribution >= 0.6 is 0 Å². The van der Waals surface area contributed by atoms with Crippen molar-refractivity contribution < 1.29 is 18.8 Å². The second kappa shape index (κ2) is 10.1. The van der Waals surface area contributed by atoms with Gasteiger partial charge in [0.15, 0.2) is 0 Å². The second-order valence-electron chi connectivity index (χ2n) is 9.74. The number of carbonyl (C=O) groups is 2. The van der Waals surface area contributed by atoms with E-state index in [1.165, 1.54) is 6.42 Å². The lowest BCUT2D eigenvalue weighted by Gasteiger charge is -2.35. The number of aryl methyl sites for hydroxylation is 2. The first-order valence-electron chi connectivity index (χ1n) is 12.7. The Bertz CT molecular complexity index is 1200. The first-order valence-corrected chi connectivity index (χ1v) is 12.7. The molecule has 2 aromatic carbocycles. The Morgan fingerprint density at radius 3 is 2.31 bits per heavy atom. The molecule has 0 atom stereocenters. The van der Waals surface area contributed by atoms with Gasteiger partial charge in [0, 0.05) is 32.1 Å². The predicted octanol–water partition coefficient (Wildman–Crippen LogP) is 4.89. The molecule has 184 valence electrons. The lowest BCUT2D eigenvalue weighted by molar-refractivity contribution is -0.137. The van der Waals surface area contributed by atoms with Gasteiger partial charge >= 0.3 is 0 Å². The fraction of sp³-hybridized carbons (Fsp3) is 0.464. The van der Waals surface area contributed by atoms with Crippen LogP contribution in [0, 0.1) is 19.8 Å². The summed E-state index contributed by atoms with van der Waals surface area (Å²) in [6, 6.07) is 11.8. The quantitative estimate of drug-likeness (QED) is 0.525. The lowest BCUT2D eigenvalue weighted by Crippen LogP contribution is -2.45. The summed E-state index contributed by atoms with van der Waals surface area (Å²) >= 11 is 0. The highest BCUT2D eigenvalue weighted by atomic mass is 16.5. The summed E-state index contributed by atoms with van der Waals surface area (Å²) in [7, 11) is 0. The van der Waals surface area contributed by atoms with Crippen molar-refractivity contribution in [2.45, 2.75) is 52.6 Å². The maximum Gasteiger partial charge on any atom is 0.257 e. The third-order valence-electron chi connectivity index (χ3n) is 7.43. The van der Waals surface area contributed by atoms with Gasteiger partial charge in [0.2, 0.25) is 5.91 Å². The van der Waals surface area contributed by atoms with Crippen molar-refractivity contribution in [1.82, 2.24) is 15.0 Å². The van der Waals surface area contributed by atoms with E-state index >= 15 is 0 Å². The molecule has 0 aliphatic carbocycles. The molecular formula is C28H33N3O4. The Morgan fingerprint density at radius 1 is 0.971 bits per heavy atom. The fourth-order valence-corrected chi connectivity index (χ4v) is 5.24. The highest BCUT2D eigenvalue weighted by Crippen LogP contribution is 2.30. The molecule has 0 spiro atoms. The molecule has 0 bridgehead atoms. The van der Waals surface area contributed by atoms with Gasteiger partial charge in [-0.1, -0.05) is 29.4 Å². The number of ether oxygens (including phenoxy) is 1. The molecule has 2 amide bonds. The Balaban J connectivity index is 1.33.